The lowest BCUT2D eigenvalue weighted by Crippen LogP contribution is -2.15. The highest BCUT2D eigenvalue weighted by Crippen LogP contribution is 2.42. The Hall–Kier alpha value is -1.24. The van der Waals surface area contributed by atoms with Crippen LogP contribution >= 0.6 is 0 Å². The Balaban J connectivity index is 2.27. The molecule has 0 radical (unpaired) electrons. The van der Waals surface area contributed by atoms with E-state index in [4.69, 9.17) is 15.3 Å². The molecule has 2 rings (SSSR count). The highest BCUT2D eigenvalue weighted by atomic mass is 16.5. The van der Waals surface area contributed by atoms with Gasteiger partial charge in [-0.1, -0.05) is 0 Å². The highest BCUT2D eigenvalue weighted by molar-refractivity contribution is 5.34. The molecular weight excluding hydrogens is 220 g/mol. The van der Waals surface area contributed by atoms with E-state index in [0.717, 1.165) is 5.69 Å². The number of aromatic nitrogens is 2. The molecular formula is C11H18N4O2. The number of anilines is 1. The highest BCUT2D eigenvalue weighted by Gasteiger charge is 2.34. The normalized spacial score (nSPS) is 16.9. The van der Waals surface area contributed by atoms with Gasteiger partial charge in [-0.15, -0.1) is 0 Å². The first-order valence-electron chi connectivity index (χ1n) is 5.64. The predicted molar refractivity (Wildman–Crippen MR) is 63.0 cm³/mol. The lowest BCUT2D eigenvalue weighted by molar-refractivity contribution is 0.0765. The number of hydrogen-bond acceptors (Lipinski definition) is 6. The Morgan fingerprint density at radius 2 is 2.24 bits per heavy atom. The van der Waals surface area contributed by atoms with Gasteiger partial charge in [0.2, 0.25) is 0 Å². The molecule has 0 bridgehead atoms. The molecule has 1 heterocycles. The van der Waals surface area contributed by atoms with Crippen molar-refractivity contribution < 1.29 is 9.47 Å². The number of methoxy groups -OCH3 is 2. The average molecular weight is 238 g/mol. The number of hydrogen-bond donors (Lipinski definition) is 2. The van der Waals surface area contributed by atoms with Gasteiger partial charge < -0.3 is 14.9 Å². The zero-order valence-corrected chi connectivity index (χ0v) is 10.1. The molecule has 0 amide bonds. The third-order valence-corrected chi connectivity index (χ3v) is 2.80. The maximum atomic E-state index is 5.46. The van der Waals surface area contributed by atoms with Crippen molar-refractivity contribution in [2.24, 2.45) is 11.8 Å². The van der Waals surface area contributed by atoms with Gasteiger partial charge in [-0.2, -0.15) is 0 Å². The van der Waals surface area contributed by atoms with E-state index < -0.39 is 0 Å². The van der Waals surface area contributed by atoms with Crippen LogP contribution in [-0.4, -0.2) is 24.2 Å². The Morgan fingerprint density at radius 3 is 2.76 bits per heavy atom. The molecule has 1 unspecified atom stereocenters. The molecule has 1 saturated carbocycles. The first-order chi connectivity index (χ1) is 8.28. The van der Waals surface area contributed by atoms with Gasteiger partial charge in [-0.05, 0) is 18.8 Å². The fourth-order valence-electron chi connectivity index (χ4n) is 1.85. The molecule has 6 nitrogen and oxygen atoms in total. The summed E-state index contributed by atoms with van der Waals surface area (Å²) in [5.74, 6) is 7.19. The molecule has 1 aliphatic rings. The molecule has 0 spiro atoms. The molecule has 1 aromatic heterocycles. The minimum atomic E-state index is -0.0427. The number of nitrogens with two attached hydrogens (primary N) is 1. The van der Waals surface area contributed by atoms with Crippen LogP contribution in [0.5, 0.6) is 0 Å². The number of ether oxygens (including phenoxy) is 2. The second-order valence-electron chi connectivity index (χ2n) is 4.17. The minimum Gasteiger partial charge on any atom is -0.378 e. The van der Waals surface area contributed by atoms with Gasteiger partial charge in [0.15, 0.2) is 5.82 Å². The summed E-state index contributed by atoms with van der Waals surface area (Å²) >= 11 is 0. The van der Waals surface area contributed by atoms with Crippen molar-refractivity contribution in [1.82, 2.24) is 9.97 Å². The van der Waals surface area contributed by atoms with Gasteiger partial charge >= 0.3 is 0 Å². The Bertz CT molecular complexity index is 382. The van der Waals surface area contributed by atoms with Crippen molar-refractivity contribution in [1.29, 1.82) is 0 Å². The molecule has 1 atom stereocenters. The van der Waals surface area contributed by atoms with Crippen LogP contribution in [0, 0.1) is 5.92 Å². The Morgan fingerprint density at radius 1 is 1.47 bits per heavy atom. The van der Waals surface area contributed by atoms with Gasteiger partial charge in [0, 0.05) is 20.3 Å². The van der Waals surface area contributed by atoms with Gasteiger partial charge in [-0.3, -0.25) is 0 Å². The summed E-state index contributed by atoms with van der Waals surface area (Å²) in [5.41, 5.74) is 3.34. The summed E-state index contributed by atoms with van der Waals surface area (Å²) in [7, 11) is 3.32. The molecule has 0 aromatic carbocycles. The largest absolute Gasteiger partial charge is 0.378 e. The third-order valence-electron chi connectivity index (χ3n) is 2.80. The van der Waals surface area contributed by atoms with Crippen molar-refractivity contribution in [2.45, 2.75) is 25.6 Å². The van der Waals surface area contributed by atoms with Crippen LogP contribution in [0.25, 0.3) is 0 Å². The summed E-state index contributed by atoms with van der Waals surface area (Å²) in [5, 5.41) is 0. The van der Waals surface area contributed by atoms with Crippen molar-refractivity contribution in [2.75, 3.05) is 19.6 Å². The molecule has 94 valence electrons. The van der Waals surface area contributed by atoms with E-state index in [-0.39, 0.29) is 6.10 Å². The van der Waals surface area contributed by atoms with Crippen LogP contribution in [0.15, 0.2) is 6.07 Å². The van der Waals surface area contributed by atoms with Crippen molar-refractivity contribution in [3.8, 4) is 0 Å². The second-order valence-corrected chi connectivity index (χ2v) is 4.17. The van der Waals surface area contributed by atoms with E-state index in [1.807, 2.05) is 0 Å². The summed E-state index contributed by atoms with van der Waals surface area (Å²) in [6.07, 6.45) is 2.29. The molecule has 1 fully saturated rings. The van der Waals surface area contributed by atoms with Crippen LogP contribution in [-0.2, 0) is 16.1 Å². The first kappa shape index (κ1) is 12.2. The maximum Gasteiger partial charge on any atom is 0.160 e. The van der Waals surface area contributed by atoms with Gasteiger partial charge in [0.1, 0.15) is 11.9 Å². The maximum absolute atomic E-state index is 5.46. The number of nitrogens with zero attached hydrogens (tertiary/aromatic N) is 2. The molecule has 1 aliphatic carbocycles. The van der Waals surface area contributed by atoms with E-state index in [2.05, 4.69) is 15.4 Å². The van der Waals surface area contributed by atoms with Crippen LogP contribution in [0.2, 0.25) is 0 Å². The van der Waals surface area contributed by atoms with Crippen LogP contribution in [0.1, 0.15) is 30.5 Å². The first-order valence-corrected chi connectivity index (χ1v) is 5.64. The smallest absolute Gasteiger partial charge is 0.160 e. The second kappa shape index (κ2) is 5.39. The molecule has 0 aliphatic heterocycles. The predicted octanol–water partition coefficient (Wildman–Crippen LogP) is 1.01. The van der Waals surface area contributed by atoms with Gasteiger partial charge in [0.05, 0.1) is 12.3 Å². The van der Waals surface area contributed by atoms with Crippen LogP contribution < -0.4 is 11.3 Å². The van der Waals surface area contributed by atoms with Crippen LogP contribution in [0.3, 0.4) is 0 Å². The van der Waals surface area contributed by atoms with E-state index >= 15 is 0 Å². The number of nitrogens with one attached hydrogen (secondary N) is 1. The summed E-state index contributed by atoms with van der Waals surface area (Å²) in [6.45, 7) is 0.436. The molecule has 0 saturated heterocycles. The lowest BCUT2D eigenvalue weighted by atomic mass is 10.2. The third kappa shape index (κ3) is 2.91. The van der Waals surface area contributed by atoms with Crippen LogP contribution in [0.4, 0.5) is 5.82 Å². The SMILES string of the molecule is COCc1cc(NN)nc(C(OC)C2CC2)n1. The van der Waals surface area contributed by atoms with E-state index in [0.29, 0.717) is 24.2 Å². The quantitative estimate of drug-likeness (QED) is 0.568. The lowest BCUT2D eigenvalue weighted by Gasteiger charge is -2.15. The van der Waals surface area contributed by atoms with Gasteiger partial charge in [-0.25, -0.2) is 15.8 Å². The van der Waals surface area contributed by atoms with E-state index in [1.165, 1.54) is 12.8 Å². The zero-order chi connectivity index (χ0) is 12.3. The fraction of sp³-hybridized carbons (Fsp3) is 0.636. The average Bonchev–Trinajstić information content (AvgIpc) is 3.15. The Kier molecular flexibility index (Phi) is 3.88. The van der Waals surface area contributed by atoms with Crippen molar-refractivity contribution >= 4 is 5.82 Å². The van der Waals surface area contributed by atoms with Crippen molar-refractivity contribution in [3.63, 3.8) is 0 Å². The fourth-order valence-corrected chi connectivity index (χ4v) is 1.85. The number of hydrazine groups is 1. The summed E-state index contributed by atoms with van der Waals surface area (Å²) < 4.78 is 10.5. The monoisotopic (exact) mass is 238 g/mol. The summed E-state index contributed by atoms with van der Waals surface area (Å²) in [4.78, 5) is 8.79. The molecule has 17 heavy (non-hydrogen) atoms. The topological polar surface area (TPSA) is 82.3 Å². The van der Waals surface area contributed by atoms with Gasteiger partial charge in [0.25, 0.3) is 0 Å². The number of rotatable bonds is 6. The van der Waals surface area contributed by atoms with E-state index in [1.54, 1.807) is 20.3 Å². The minimum absolute atomic E-state index is 0.0427. The number of nitrogen functional groups attached to an aromatic ring is 1. The molecule has 6 heteroatoms. The van der Waals surface area contributed by atoms with Crippen molar-refractivity contribution in [3.05, 3.63) is 17.6 Å². The molecule has 3 N–H and O–H groups in total. The standard InChI is InChI=1S/C11H18N4O2/c1-16-6-8-5-9(15-12)14-11(13-8)10(17-2)7-3-4-7/h5,7,10H,3-4,6,12H2,1-2H3,(H,13,14,15). The van der Waals surface area contributed by atoms with E-state index in [9.17, 15) is 0 Å². The Labute approximate surface area is 101 Å². The zero-order valence-electron chi connectivity index (χ0n) is 10.1. The summed E-state index contributed by atoms with van der Waals surface area (Å²) in [6, 6.07) is 1.77. The molecule has 1 aromatic rings.